The first-order chi connectivity index (χ1) is 11.1. The summed E-state index contributed by atoms with van der Waals surface area (Å²) in [7, 11) is 5.49. The summed E-state index contributed by atoms with van der Waals surface area (Å²) in [6, 6.07) is 5.04. The summed E-state index contributed by atoms with van der Waals surface area (Å²) in [4.78, 5) is 6.38. The predicted molar refractivity (Wildman–Crippen MR) is 112 cm³/mol. The summed E-state index contributed by atoms with van der Waals surface area (Å²) in [6.07, 6.45) is 1.02. The van der Waals surface area contributed by atoms with Gasteiger partial charge in [0.05, 0.1) is 0 Å². The second kappa shape index (κ2) is 13.8. The molecule has 1 rings (SSSR count). The average Bonchev–Trinajstić information content (AvgIpc) is 2.52. The van der Waals surface area contributed by atoms with Crippen molar-refractivity contribution < 1.29 is 9.13 Å². The molecule has 5 nitrogen and oxygen atoms in total. The Balaban J connectivity index is 0.00000529. The number of aliphatic imine (C=N–C) groups is 1. The molecule has 0 unspecified atom stereocenters. The lowest BCUT2D eigenvalue weighted by Crippen LogP contribution is -2.40. The van der Waals surface area contributed by atoms with E-state index in [4.69, 9.17) is 4.74 Å². The van der Waals surface area contributed by atoms with Gasteiger partial charge < -0.3 is 20.3 Å². The smallest absolute Gasteiger partial charge is 0.191 e. The molecule has 1 aromatic carbocycles. The normalized spacial score (nSPS) is 11.3. The predicted octanol–water partition coefficient (Wildman–Crippen LogP) is 2.84. The number of guanidine groups is 1. The maximum absolute atomic E-state index is 13.8. The van der Waals surface area contributed by atoms with Crippen LogP contribution in [0, 0.1) is 5.82 Å². The zero-order chi connectivity index (χ0) is 17.1. The number of benzene rings is 1. The molecule has 0 aliphatic heterocycles. The first-order valence-electron chi connectivity index (χ1n) is 7.62. The standard InChI is InChI=1S/C16H26BrFN4O.HI/c1-19-16(20-7-9-22(2)8-4-10-23-3)21-12-13-5-6-14(17)11-15(13)18;/h5-6,11H,4,7-10,12H2,1-3H3,(H2,19,20,21);1H. The molecule has 8 heteroatoms. The van der Waals surface area contributed by atoms with Crippen molar-refractivity contribution in [1.82, 2.24) is 15.5 Å². The van der Waals surface area contributed by atoms with Gasteiger partial charge in [0.1, 0.15) is 5.82 Å². The van der Waals surface area contributed by atoms with Gasteiger partial charge in [-0.25, -0.2) is 4.39 Å². The first-order valence-corrected chi connectivity index (χ1v) is 8.42. The molecule has 0 spiro atoms. The van der Waals surface area contributed by atoms with E-state index in [1.807, 2.05) is 6.07 Å². The molecule has 0 atom stereocenters. The fourth-order valence-corrected chi connectivity index (χ4v) is 2.35. The van der Waals surface area contributed by atoms with Crippen molar-refractivity contribution in [2.45, 2.75) is 13.0 Å². The van der Waals surface area contributed by atoms with Crippen molar-refractivity contribution in [2.75, 3.05) is 47.4 Å². The van der Waals surface area contributed by atoms with E-state index in [2.05, 4.69) is 43.5 Å². The van der Waals surface area contributed by atoms with Crippen LogP contribution in [0.5, 0.6) is 0 Å². The first kappa shape index (κ1) is 23.5. The van der Waals surface area contributed by atoms with Crippen molar-refractivity contribution in [1.29, 1.82) is 0 Å². The highest BCUT2D eigenvalue weighted by Crippen LogP contribution is 2.14. The third-order valence-electron chi connectivity index (χ3n) is 3.36. The lowest BCUT2D eigenvalue weighted by Gasteiger charge is -2.18. The van der Waals surface area contributed by atoms with Crippen molar-refractivity contribution in [3.05, 3.63) is 34.1 Å². The van der Waals surface area contributed by atoms with Crippen molar-refractivity contribution in [2.24, 2.45) is 4.99 Å². The fourth-order valence-electron chi connectivity index (χ4n) is 2.02. The number of likely N-dealkylation sites (N-methyl/N-ethyl adjacent to an activating group) is 1. The highest BCUT2D eigenvalue weighted by Gasteiger charge is 2.04. The van der Waals surface area contributed by atoms with Crippen LogP contribution in [-0.2, 0) is 11.3 Å². The summed E-state index contributed by atoms with van der Waals surface area (Å²) >= 11 is 3.25. The molecule has 0 radical (unpaired) electrons. The van der Waals surface area contributed by atoms with Gasteiger partial charge in [-0.3, -0.25) is 4.99 Å². The van der Waals surface area contributed by atoms with E-state index in [9.17, 15) is 4.39 Å². The van der Waals surface area contributed by atoms with E-state index in [1.165, 1.54) is 6.07 Å². The van der Waals surface area contributed by atoms with Gasteiger partial charge in [0.25, 0.3) is 0 Å². The molecule has 0 amide bonds. The van der Waals surface area contributed by atoms with Crippen molar-refractivity contribution >= 4 is 45.9 Å². The van der Waals surface area contributed by atoms with Crippen LogP contribution in [0.2, 0.25) is 0 Å². The largest absolute Gasteiger partial charge is 0.385 e. The second-order valence-electron chi connectivity index (χ2n) is 5.24. The maximum Gasteiger partial charge on any atom is 0.191 e. The molecule has 2 N–H and O–H groups in total. The monoisotopic (exact) mass is 516 g/mol. The van der Waals surface area contributed by atoms with Gasteiger partial charge in [-0.2, -0.15) is 0 Å². The Morgan fingerprint density at radius 2 is 2.08 bits per heavy atom. The summed E-state index contributed by atoms with van der Waals surface area (Å²) in [6.45, 7) is 3.83. The van der Waals surface area contributed by atoms with E-state index < -0.39 is 0 Å². The number of ether oxygens (including phenoxy) is 1. The van der Waals surface area contributed by atoms with Gasteiger partial charge >= 0.3 is 0 Å². The molecule has 1 aromatic rings. The fraction of sp³-hybridized carbons (Fsp3) is 0.562. The zero-order valence-corrected chi connectivity index (χ0v) is 18.4. The second-order valence-corrected chi connectivity index (χ2v) is 6.15. The quantitative estimate of drug-likeness (QED) is 0.229. The molecule has 0 saturated heterocycles. The molecular formula is C16H27BrFIN4O. The van der Waals surface area contributed by atoms with Gasteiger partial charge in [0.2, 0.25) is 0 Å². The minimum Gasteiger partial charge on any atom is -0.385 e. The summed E-state index contributed by atoms with van der Waals surface area (Å²) in [5.41, 5.74) is 0.604. The summed E-state index contributed by atoms with van der Waals surface area (Å²) in [5.74, 6) is 0.429. The SMILES string of the molecule is CN=C(NCCN(C)CCCOC)NCc1ccc(Br)cc1F.I. The van der Waals surface area contributed by atoms with Gasteiger partial charge in [0, 0.05) is 57.0 Å². The Morgan fingerprint density at radius 1 is 1.33 bits per heavy atom. The lowest BCUT2D eigenvalue weighted by molar-refractivity contribution is 0.180. The Hall–Kier alpha value is -0.450. The summed E-state index contributed by atoms with van der Waals surface area (Å²) < 4.78 is 19.5. The van der Waals surface area contributed by atoms with E-state index in [0.717, 1.165) is 37.1 Å². The van der Waals surface area contributed by atoms with Crippen molar-refractivity contribution in [3.8, 4) is 0 Å². The van der Waals surface area contributed by atoms with Gasteiger partial charge in [-0.15, -0.1) is 24.0 Å². The topological polar surface area (TPSA) is 48.9 Å². The van der Waals surface area contributed by atoms with Crippen LogP contribution in [-0.4, -0.2) is 58.3 Å². The highest BCUT2D eigenvalue weighted by atomic mass is 127. The highest BCUT2D eigenvalue weighted by molar-refractivity contribution is 14.0. The number of hydrogen-bond donors (Lipinski definition) is 2. The Labute approximate surface area is 169 Å². The molecular weight excluding hydrogens is 490 g/mol. The van der Waals surface area contributed by atoms with Crippen LogP contribution in [0.25, 0.3) is 0 Å². The van der Waals surface area contributed by atoms with Crippen molar-refractivity contribution in [3.63, 3.8) is 0 Å². The molecule has 0 heterocycles. The van der Waals surface area contributed by atoms with Crippen LogP contribution in [0.4, 0.5) is 4.39 Å². The van der Waals surface area contributed by atoms with Crippen LogP contribution >= 0.6 is 39.9 Å². The van der Waals surface area contributed by atoms with Crippen LogP contribution in [0.3, 0.4) is 0 Å². The Kier molecular flexibility index (Phi) is 13.5. The average molecular weight is 517 g/mol. The number of methoxy groups -OCH3 is 1. The number of nitrogens with zero attached hydrogens (tertiary/aromatic N) is 2. The summed E-state index contributed by atoms with van der Waals surface area (Å²) in [5, 5.41) is 6.34. The van der Waals surface area contributed by atoms with Crippen LogP contribution in [0.1, 0.15) is 12.0 Å². The molecule has 24 heavy (non-hydrogen) atoms. The van der Waals surface area contributed by atoms with Crippen LogP contribution < -0.4 is 10.6 Å². The molecule has 0 aliphatic carbocycles. The Morgan fingerprint density at radius 3 is 2.71 bits per heavy atom. The Bertz CT molecular complexity index is 505. The molecule has 0 bridgehead atoms. The van der Waals surface area contributed by atoms with E-state index in [0.29, 0.717) is 18.1 Å². The molecule has 138 valence electrons. The third kappa shape index (κ3) is 9.75. The zero-order valence-electron chi connectivity index (χ0n) is 14.4. The van der Waals surface area contributed by atoms with E-state index in [1.54, 1.807) is 20.2 Å². The molecule has 0 aliphatic rings. The van der Waals surface area contributed by atoms with Gasteiger partial charge in [0.15, 0.2) is 5.96 Å². The molecule has 0 saturated carbocycles. The van der Waals surface area contributed by atoms with Gasteiger partial charge in [-0.1, -0.05) is 22.0 Å². The van der Waals surface area contributed by atoms with Crippen LogP contribution in [0.15, 0.2) is 27.7 Å². The lowest BCUT2D eigenvalue weighted by atomic mass is 10.2. The minimum atomic E-state index is -0.236. The number of hydrogen-bond acceptors (Lipinski definition) is 3. The third-order valence-corrected chi connectivity index (χ3v) is 3.85. The van der Waals surface area contributed by atoms with E-state index in [-0.39, 0.29) is 29.8 Å². The van der Waals surface area contributed by atoms with Gasteiger partial charge in [-0.05, 0) is 25.6 Å². The number of nitrogens with one attached hydrogen (secondary N) is 2. The maximum atomic E-state index is 13.8. The number of rotatable bonds is 9. The molecule has 0 aromatic heterocycles. The van der Waals surface area contributed by atoms with E-state index >= 15 is 0 Å². The molecule has 0 fully saturated rings. The number of halogens is 3. The minimum absolute atomic E-state index is 0.